The molecule has 0 saturated carbocycles. The van der Waals surface area contributed by atoms with E-state index in [2.05, 4.69) is 21.2 Å². The van der Waals surface area contributed by atoms with Crippen LogP contribution in [0.3, 0.4) is 0 Å². The summed E-state index contributed by atoms with van der Waals surface area (Å²) in [4.78, 5) is 29.5. The number of nitrogens with one attached hydrogen (secondary N) is 1. The molecule has 1 N–H and O–H groups in total. The molecular weight excluding hydrogens is 614 g/mol. The molecular formula is C33H34BrN3O4S. The number of sulfonamides is 1. The first kappa shape index (κ1) is 31.0. The van der Waals surface area contributed by atoms with Crippen LogP contribution in [-0.4, -0.2) is 44.3 Å². The van der Waals surface area contributed by atoms with Gasteiger partial charge < -0.3 is 10.2 Å². The molecule has 9 heteroatoms. The predicted octanol–water partition coefficient (Wildman–Crippen LogP) is 5.81. The molecule has 0 aliphatic carbocycles. The second-order valence-electron chi connectivity index (χ2n) is 9.81. The van der Waals surface area contributed by atoms with Gasteiger partial charge in [0, 0.05) is 24.0 Å². The van der Waals surface area contributed by atoms with E-state index in [0.29, 0.717) is 12.2 Å². The maximum Gasteiger partial charge on any atom is 0.264 e. The molecule has 2 amide bonds. The highest BCUT2D eigenvalue weighted by atomic mass is 79.9. The minimum absolute atomic E-state index is 0.0710. The topological polar surface area (TPSA) is 86.8 Å². The number of hydrogen-bond donors (Lipinski definition) is 1. The van der Waals surface area contributed by atoms with E-state index in [9.17, 15) is 18.0 Å². The van der Waals surface area contributed by atoms with Gasteiger partial charge in [-0.25, -0.2) is 8.42 Å². The Kier molecular flexibility index (Phi) is 10.9. The summed E-state index contributed by atoms with van der Waals surface area (Å²) in [5.74, 6) is -0.785. The SMILES string of the molecule is CCCNC(=O)[C@H](Cc1ccccc1)N(Cc1cccc(Br)c1)C(=O)CN(c1ccccc1)S(=O)(=O)c1ccccc1. The number of carbonyl (C=O) groups excluding carboxylic acids is 2. The lowest BCUT2D eigenvalue weighted by molar-refractivity contribution is -0.140. The molecule has 0 aromatic heterocycles. The molecule has 0 radical (unpaired) electrons. The fourth-order valence-electron chi connectivity index (χ4n) is 4.59. The third-order valence-electron chi connectivity index (χ3n) is 6.72. The molecule has 1 atom stereocenters. The third kappa shape index (κ3) is 8.08. The van der Waals surface area contributed by atoms with E-state index in [0.717, 1.165) is 26.3 Å². The molecule has 4 aromatic carbocycles. The average molecular weight is 649 g/mol. The van der Waals surface area contributed by atoms with Crippen molar-refractivity contribution in [2.45, 2.75) is 37.2 Å². The van der Waals surface area contributed by atoms with Gasteiger partial charge in [0.25, 0.3) is 10.0 Å². The molecule has 0 heterocycles. The number of halogens is 1. The largest absolute Gasteiger partial charge is 0.354 e. The minimum Gasteiger partial charge on any atom is -0.354 e. The van der Waals surface area contributed by atoms with Crippen LogP contribution in [-0.2, 0) is 32.6 Å². The lowest BCUT2D eigenvalue weighted by Crippen LogP contribution is -2.53. The first-order chi connectivity index (χ1) is 20.3. The zero-order valence-electron chi connectivity index (χ0n) is 23.4. The summed E-state index contributed by atoms with van der Waals surface area (Å²) in [7, 11) is -4.10. The standard InChI is InChI=1S/C33H34BrN3O4S/c1-2-21-35-33(39)31(23-26-13-6-3-7-14-26)36(24-27-15-12-16-28(34)22-27)32(38)25-37(29-17-8-4-9-18-29)42(40,41)30-19-10-5-11-20-30/h3-20,22,31H,2,21,23-25H2,1H3,(H,35,39)/t31-/m0/s1. The van der Waals surface area contributed by atoms with E-state index in [1.807, 2.05) is 61.5 Å². The van der Waals surface area contributed by atoms with E-state index in [1.165, 1.54) is 17.0 Å². The number of para-hydroxylation sites is 1. The Morgan fingerprint density at radius 2 is 1.40 bits per heavy atom. The fraction of sp³-hybridized carbons (Fsp3) is 0.212. The number of benzene rings is 4. The Hall–Kier alpha value is -3.95. The van der Waals surface area contributed by atoms with Crippen molar-refractivity contribution in [3.63, 3.8) is 0 Å². The maximum absolute atomic E-state index is 14.3. The normalized spacial score (nSPS) is 11.9. The number of hydrogen-bond acceptors (Lipinski definition) is 4. The van der Waals surface area contributed by atoms with Crippen LogP contribution in [0.25, 0.3) is 0 Å². The number of carbonyl (C=O) groups is 2. The van der Waals surface area contributed by atoms with Crippen molar-refractivity contribution < 1.29 is 18.0 Å². The quantitative estimate of drug-likeness (QED) is 0.198. The molecule has 4 aromatic rings. The highest BCUT2D eigenvalue weighted by molar-refractivity contribution is 9.10. The minimum atomic E-state index is -4.10. The first-order valence-corrected chi connectivity index (χ1v) is 16.0. The van der Waals surface area contributed by atoms with Crippen LogP contribution in [0.5, 0.6) is 0 Å². The Bertz CT molecular complexity index is 1570. The number of nitrogens with zero attached hydrogens (tertiary/aromatic N) is 2. The number of rotatable bonds is 13. The summed E-state index contributed by atoms with van der Waals surface area (Å²) in [6, 6.07) is 32.7. The fourth-order valence-corrected chi connectivity index (χ4v) is 6.48. The van der Waals surface area contributed by atoms with E-state index in [4.69, 9.17) is 0 Å². The van der Waals surface area contributed by atoms with Crippen LogP contribution in [0.1, 0.15) is 24.5 Å². The average Bonchev–Trinajstić information content (AvgIpc) is 3.01. The molecule has 0 saturated heterocycles. The monoisotopic (exact) mass is 647 g/mol. The molecule has 4 rings (SSSR count). The molecule has 0 bridgehead atoms. The molecule has 0 spiro atoms. The van der Waals surface area contributed by atoms with Crippen LogP contribution >= 0.6 is 15.9 Å². The highest BCUT2D eigenvalue weighted by Crippen LogP contribution is 2.25. The van der Waals surface area contributed by atoms with Gasteiger partial charge in [-0.1, -0.05) is 102 Å². The summed E-state index contributed by atoms with van der Waals surface area (Å²) in [6.45, 7) is 2.05. The lowest BCUT2D eigenvalue weighted by Gasteiger charge is -2.34. The van der Waals surface area contributed by atoms with Gasteiger partial charge in [-0.05, 0) is 53.9 Å². The molecule has 7 nitrogen and oxygen atoms in total. The Labute approximate surface area is 256 Å². The first-order valence-electron chi connectivity index (χ1n) is 13.8. The van der Waals surface area contributed by atoms with Gasteiger partial charge in [0.05, 0.1) is 10.6 Å². The highest BCUT2D eigenvalue weighted by Gasteiger charge is 2.34. The molecule has 0 aliphatic rings. The number of anilines is 1. The van der Waals surface area contributed by atoms with E-state index in [1.54, 1.807) is 48.5 Å². The summed E-state index contributed by atoms with van der Waals surface area (Å²) in [6.07, 6.45) is 1.01. The van der Waals surface area contributed by atoms with Gasteiger partial charge in [-0.3, -0.25) is 13.9 Å². The van der Waals surface area contributed by atoms with Crippen molar-refractivity contribution >= 4 is 43.5 Å². The molecule has 0 aliphatic heterocycles. The van der Waals surface area contributed by atoms with Crippen molar-refractivity contribution in [2.75, 3.05) is 17.4 Å². The zero-order chi connectivity index (χ0) is 30.0. The summed E-state index contributed by atoms with van der Waals surface area (Å²) in [5.41, 5.74) is 2.04. The Morgan fingerprint density at radius 1 is 0.810 bits per heavy atom. The van der Waals surface area contributed by atoms with Gasteiger partial charge in [0.2, 0.25) is 11.8 Å². The van der Waals surface area contributed by atoms with Crippen LogP contribution in [0, 0.1) is 0 Å². The summed E-state index contributed by atoms with van der Waals surface area (Å²) >= 11 is 3.50. The second kappa shape index (κ2) is 14.8. The van der Waals surface area contributed by atoms with Gasteiger partial charge in [0.15, 0.2) is 0 Å². The van der Waals surface area contributed by atoms with Crippen molar-refractivity contribution in [1.82, 2.24) is 10.2 Å². The second-order valence-corrected chi connectivity index (χ2v) is 12.6. The maximum atomic E-state index is 14.3. The smallest absolute Gasteiger partial charge is 0.264 e. The van der Waals surface area contributed by atoms with Gasteiger partial charge in [-0.2, -0.15) is 0 Å². The van der Waals surface area contributed by atoms with Crippen LogP contribution in [0.2, 0.25) is 0 Å². The molecule has 0 fully saturated rings. The molecule has 218 valence electrons. The van der Waals surface area contributed by atoms with Gasteiger partial charge >= 0.3 is 0 Å². The number of amides is 2. The van der Waals surface area contributed by atoms with E-state index in [-0.39, 0.29) is 23.8 Å². The van der Waals surface area contributed by atoms with E-state index < -0.39 is 28.5 Å². The van der Waals surface area contributed by atoms with Crippen LogP contribution in [0.15, 0.2) is 125 Å². The molecule has 42 heavy (non-hydrogen) atoms. The Morgan fingerprint density at radius 3 is 2.02 bits per heavy atom. The Balaban J connectivity index is 1.77. The van der Waals surface area contributed by atoms with Crippen molar-refractivity contribution in [3.8, 4) is 0 Å². The summed E-state index contributed by atoms with van der Waals surface area (Å²) < 4.78 is 29.7. The van der Waals surface area contributed by atoms with Crippen molar-refractivity contribution in [2.24, 2.45) is 0 Å². The third-order valence-corrected chi connectivity index (χ3v) is 9.00. The lowest BCUT2D eigenvalue weighted by atomic mass is 10.0. The van der Waals surface area contributed by atoms with Crippen molar-refractivity contribution in [3.05, 3.63) is 131 Å². The van der Waals surface area contributed by atoms with E-state index >= 15 is 0 Å². The van der Waals surface area contributed by atoms with Gasteiger partial charge in [-0.15, -0.1) is 0 Å². The van der Waals surface area contributed by atoms with Gasteiger partial charge in [0.1, 0.15) is 12.6 Å². The molecule has 0 unspecified atom stereocenters. The zero-order valence-corrected chi connectivity index (χ0v) is 25.8. The van der Waals surface area contributed by atoms with Crippen LogP contribution in [0.4, 0.5) is 5.69 Å². The van der Waals surface area contributed by atoms with Crippen molar-refractivity contribution in [1.29, 1.82) is 0 Å². The van der Waals surface area contributed by atoms with Crippen LogP contribution < -0.4 is 9.62 Å². The summed E-state index contributed by atoms with van der Waals surface area (Å²) in [5, 5.41) is 2.95. The predicted molar refractivity (Wildman–Crippen MR) is 169 cm³/mol.